The number of carbonyl (C=O) groups is 1. The molecule has 2 aliphatic rings. The van der Waals surface area contributed by atoms with Gasteiger partial charge in [-0.15, -0.1) is 12.4 Å². The summed E-state index contributed by atoms with van der Waals surface area (Å²) in [6, 6.07) is 0.145. The van der Waals surface area contributed by atoms with Crippen LogP contribution in [0.5, 0.6) is 0 Å². The molecule has 2 rings (SSSR count). The van der Waals surface area contributed by atoms with Gasteiger partial charge in [-0.25, -0.2) is 0 Å². The Hall–Kier alpha value is -0.320. The SMILES string of the molecule is Cl.NC1CCCCC1CC(=O)N[C@H]1CCCC[C@@H]1O. The zero-order valence-electron chi connectivity index (χ0n) is 11.5. The van der Waals surface area contributed by atoms with Crippen molar-refractivity contribution in [3.63, 3.8) is 0 Å². The highest BCUT2D eigenvalue weighted by molar-refractivity contribution is 5.85. The molecule has 0 saturated heterocycles. The van der Waals surface area contributed by atoms with Gasteiger partial charge in [-0.05, 0) is 31.6 Å². The van der Waals surface area contributed by atoms with Gasteiger partial charge in [0.25, 0.3) is 0 Å². The smallest absolute Gasteiger partial charge is 0.220 e. The number of hydrogen-bond donors (Lipinski definition) is 3. The Morgan fingerprint density at radius 3 is 2.42 bits per heavy atom. The minimum atomic E-state index is -0.359. The number of aliphatic hydroxyl groups is 1. The van der Waals surface area contributed by atoms with Gasteiger partial charge in [0.15, 0.2) is 0 Å². The predicted molar refractivity (Wildman–Crippen MR) is 78.2 cm³/mol. The van der Waals surface area contributed by atoms with Crippen molar-refractivity contribution in [3.8, 4) is 0 Å². The lowest BCUT2D eigenvalue weighted by molar-refractivity contribution is -0.124. The number of carbonyl (C=O) groups excluding carboxylic acids is 1. The summed E-state index contributed by atoms with van der Waals surface area (Å²) >= 11 is 0. The van der Waals surface area contributed by atoms with Gasteiger partial charge in [0.1, 0.15) is 0 Å². The van der Waals surface area contributed by atoms with E-state index in [0.717, 1.165) is 38.5 Å². The summed E-state index contributed by atoms with van der Waals surface area (Å²) in [4.78, 5) is 12.0. The van der Waals surface area contributed by atoms with Crippen molar-refractivity contribution < 1.29 is 9.90 Å². The summed E-state index contributed by atoms with van der Waals surface area (Å²) in [5.74, 6) is 0.405. The first kappa shape index (κ1) is 16.7. The number of nitrogens with one attached hydrogen (secondary N) is 1. The van der Waals surface area contributed by atoms with Gasteiger partial charge in [0.2, 0.25) is 5.91 Å². The lowest BCUT2D eigenvalue weighted by Crippen LogP contribution is -2.46. The van der Waals surface area contributed by atoms with Crippen LogP contribution >= 0.6 is 12.4 Å². The summed E-state index contributed by atoms with van der Waals surface area (Å²) in [5, 5.41) is 12.8. The first-order chi connectivity index (χ1) is 8.66. The van der Waals surface area contributed by atoms with E-state index in [4.69, 9.17) is 5.73 Å². The molecule has 0 heterocycles. The normalized spacial score (nSPS) is 35.3. The van der Waals surface area contributed by atoms with Crippen LogP contribution in [0.25, 0.3) is 0 Å². The van der Waals surface area contributed by atoms with E-state index >= 15 is 0 Å². The topological polar surface area (TPSA) is 75.4 Å². The molecule has 0 radical (unpaired) electrons. The fourth-order valence-corrected chi connectivity index (χ4v) is 3.27. The summed E-state index contributed by atoms with van der Waals surface area (Å²) in [6.45, 7) is 0. The molecule has 4 N–H and O–H groups in total. The van der Waals surface area contributed by atoms with Gasteiger partial charge in [-0.1, -0.05) is 25.7 Å². The van der Waals surface area contributed by atoms with Crippen molar-refractivity contribution in [1.82, 2.24) is 5.32 Å². The molecule has 0 aromatic carbocycles. The van der Waals surface area contributed by atoms with Crippen LogP contribution in [-0.4, -0.2) is 29.2 Å². The minimum Gasteiger partial charge on any atom is -0.391 e. The van der Waals surface area contributed by atoms with Crippen molar-refractivity contribution >= 4 is 18.3 Å². The molecule has 0 aromatic rings. The van der Waals surface area contributed by atoms with E-state index in [1.165, 1.54) is 12.8 Å². The minimum absolute atomic E-state index is 0. The van der Waals surface area contributed by atoms with Gasteiger partial charge >= 0.3 is 0 Å². The number of amides is 1. The average Bonchev–Trinajstić information content (AvgIpc) is 2.35. The maximum absolute atomic E-state index is 12.0. The Morgan fingerprint density at radius 1 is 1.11 bits per heavy atom. The Labute approximate surface area is 121 Å². The Bertz CT molecular complexity index is 263. The highest BCUT2D eigenvalue weighted by Crippen LogP contribution is 2.26. The molecule has 19 heavy (non-hydrogen) atoms. The van der Waals surface area contributed by atoms with Crippen LogP contribution in [0.4, 0.5) is 0 Å². The van der Waals surface area contributed by atoms with Crippen molar-refractivity contribution in [3.05, 3.63) is 0 Å². The van der Waals surface area contributed by atoms with Gasteiger partial charge in [0, 0.05) is 12.5 Å². The van der Waals surface area contributed by atoms with E-state index < -0.39 is 0 Å². The second kappa shape index (κ2) is 8.08. The van der Waals surface area contributed by atoms with Gasteiger partial charge in [-0.2, -0.15) is 0 Å². The lowest BCUT2D eigenvalue weighted by Gasteiger charge is -2.31. The highest BCUT2D eigenvalue weighted by atomic mass is 35.5. The fourth-order valence-electron chi connectivity index (χ4n) is 3.27. The molecule has 112 valence electrons. The molecule has 0 bridgehead atoms. The number of nitrogens with two attached hydrogens (primary N) is 1. The number of aliphatic hydroxyl groups excluding tert-OH is 1. The molecule has 0 spiro atoms. The number of rotatable bonds is 3. The lowest BCUT2D eigenvalue weighted by atomic mass is 9.82. The van der Waals surface area contributed by atoms with Gasteiger partial charge < -0.3 is 16.2 Å². The molecule has 4 nitrogen and oxygen atoms in total. The zero-order chi connectivity index (χ0) is 13.0. The molecule has 2 aliphatic carbocycles. The molecule has 2 fully saturated rings. The summed E-state index contributed by atoms with van der Waals surface area (Å²) < 4.78 is 0. The van der Waals surface area contributed by atoms with Crippen LogP contribution in [0.3, 0.4) is 0 Å². The monoisotopic (exact) mass is 290 g/mol. The standard InChI is InChI=1S/C14H26N2O2.ClH/c15-11-6-2-1-5-10(11)9-14(18)16-12-7-3-4-8-13(12)17;/h10-13,17H,1-9,15H2,(H,16,18);1H/t10?,11?,12-,13-;/m0./s1. The second-order valence-corrected chi connectivity index (χ2v) is 5.94. The van der Waals surface area contributed by atoms with Crippen LogP contribution in [0.2, 0.25) is 0 Å². The number of halogens is 1. The van der Waals surface area contributed by atoms with Crippen LogP contribution in [0, 0.1) is 5.92 Å². The van der Waals surface area contributed by atoms with E-state index in [1.54, 1.807) is 0 Å². The molecule has 2 saturated carbocycles. The largest absolute Gasteiger partial charge is 0.391 e. The molecule has 5 heteroatoms. The number of hydrogen-bond acceptors (Lipinski definition) is 3. The molecule has 0 aromatic heterocycles. The zero-order valence-corrected chi connectivity index (χ0v) is 12.3. The first-order valence-electron chi connectivity index (χ1n) is 7.40. The van der Waals surface area contributed by atoms with Gasteiger partial charge in [0.05, 0.1) is 12.1 Å². The maximum atomic E-state index is 12.0. The first-order valence-corrected chi connectivity index (χ1v) is 7.40. The molecule has 2 unspecified atom stereocenters. The molecule has 1 amide bonds. The van der Waals surface area contributed by atoms with Crippen LogP contribution < -0.4 is 11.1 Å². The summed E-state index contributed by atoms with van der Waals surface area (Å²) in [5.41, 5.74) is 6.06. The van der Waals surface area contributed by atoms with Crippen molar-refractivity contribution in [2.45, 2.75) is 76.0 Å². The van der Waals surface area contributed by atoms with E-state index in [2.05, 4.69) is 5.32 Å². The third kappa shape index (κ3) is 4.93. The second-order valence-electron chi connectivity index (χ2n) is 5.94. The summed E-state index contributed by atoms with van der Waals surface area (Å²) in [6.07, 6.45) is 8.57. The molecule has 0 aliphatic heterocycles. The van der Waals surface area contributed by atoms with E-state index in [-0.39, 0.29) is 36.5 Å². The Morgan fingerprint density at radius 2 is 1.74 bits per heavy atom. The third-order valence-electron chi connectivity index (χ3n) is 4.49. The molecular formula is C14H27ClN2O2. The third-order valence-corrected chi connectivity index (χ3v) is 4.49. The van der Waals surface area contributed by atoms with Crippen LogP contribution in [0.15, 0.2) is 0 Å². The van der Waals surface area contributed by atoms with Crippen LogP contribution in [0.1, 0.15) is 57.8 Å². The summed E-state index contributed by atoms with van der Waals surface area (Å²) in [7, 11) is 0. The van der Waals surface area contributed by atoms with Crippen molar-refractivity contribution in [2.24, 2.45) is 11.7 Å². The quantitative estimate of drug-likeness (QED) is 0.741. The average molecular weight is 291 g/mol. The molecular weight excluding hydrogens is 264 g/mol. The van der Waals surface area contributed by atoms with E-state index in [9.17, 15) is 9.90 Å². The Balaban J connectivity index is 0.00000180. The van der Waals surface area contributed by atoms with Gasteiger partial charge in [-0.3, -0.25) is 4.79 Å². The van der Waals surface area contributed by atoms with Crippen molar-refractivity contribution in [1.29, 1.82) is 0 Å². The molecule has 4 atom stereocenters. The van der Waals surface area contributed by atoms with E-state index in [1.807, 2.05) is 0 Å². The Kier molecular flexibility index (Phi) is 7.11. The fraction of sp³-hybridized carbons (Fsp3) is 0.929. The predicted octanol–water partition coefficient (Wildman–Crippen LogP) is 1.74. The highest BCUT2D eigenvalue weighted by Gasteiger charge is 2.28. The maximum Gasteiger partial charge on any atom is 0.220 e. The van der Waals surface area contributed by atoms with E-state index in [0.29, 0.717) is 12.3 Å². The van der Waals surface area contributed by atoms with Crippen molar-refractivity contribution in [2.75, 3.05) is 0 Å². The van der Waals surface area contributed by atoms with Crippen LogP contribution in [-0.2, 0) is 4.79 Å².